The van der Waals surface area contributed by atoms with Crippen molar-refractivity contribution in [3.63, 3.8) is 0 Å². The number of hydrogen-bond donors (Lipinski definition) is 1. The van der Waals surface area contributed by atoms with Gasteiger partial charge in [0.25, 0.3) is 0 Å². The number of methoxy groups -OCH3 is 1. The molecular formula is C18H38N2O. The van der Waals surface area contributed by atoms with Gasteiger partial charge in [-0.15, -0.1) is 0 Å². The van der Waals surface area contributed by atoms with Crippen molar-refractivity contribution in [1.29, 1.82) is 0 Å². The van der Waals surface area contributed by atoms with Crippen molar-refractivity contribution in [2.45, 2.75) is 76.7 Å². The molecule has 1 rings (SSSR count). The quantitative estimate of drug-likeness (QED) is 0.773. The van der Waals surface area contributed by atoms with Crippen LogP contribution >= 0.6 is 0 Å². The van der Waals surface area contributed by atoms with Crippen molar-refractivity contribution in [2.75, 3.05) is 40.4 Å². The van der Waals surface area contributed by atoms with E-state index in [2.05, 4.69) is 17.3 Å². The van der Waals surface area contributed by atoms with Crippen molar-refractivity contribution in [2.24, 2.45) is 0 Å². The smallest absolute Gasteiger partial charge is 0.0589 e. The highest BCUT2D eigenvalue weighted by atomic mass is 16.5. The van der Waals surface area contributed by atoms with Crippen LogP contribution in [0.2, 0.25) is 0 Å². The highest BCUT2D eigenvalue weighted by molar-refractivity contribution is 4.69. The Morgan fingerprint density at radius 2 is 1.38 bits per heavy atom. The molecule has 0 radical (unpaired) electrons. The second-order valence-electron chi connectivity index (χ2n) is 6.71. The average molecular weight is 299 g/mol. The number of nitrogens with zero attached hydrogens (tertiary/aromatic N) is 1. The monoisotopic (exact) mass is 298 g/mol. The fourth-order valence-corrected chi connectivity index (χ4v) is 3.19. The summed E-state index contributed by atoms with van der Waals surface area (Å²) in [6, 6.07) is 0.750. The van der Waals surface area contributed by atoms with E-state index in [-0.39, 0.29) is 0 Å². The largest absolute Gasteiger partial charge is 0.383 e. The predicted octanol–water partition coefficient (Wildman–Crippen LogP) is 3.83. The van der Waals surface area contributed by atoms with Gasteiger partial charge in [0, 0.05) is 32.8 Å². The van der Waals surface area contributed by atoms with Gasteiger partial charge in [-0.2, -0.15) is 0 Å². The molecule has 0 unspecified atom stereocenters. The molecule has 0 heterocycles. The summed E-state index contributed by atoms with van der Waals surface area (Å²) in [6.07, 6.45) is 15.7. The molecule has 21 heavy (non-hydrogen) atoms. The molecule has 0 amide bonds. The van der Waals surface area contributed by atoms with Crippen LogP contribution in [0.1, 0.15) is 70.6 Å². The number of nitrogens with one attached hydrogen (secondary N) is 1. The van der Waals surface area contributed by atoms with Gasteiger partial charge in [-0.05, 0) is 19.9 Å². The standard InChI is InChI=1S/C18H38N2O/c1-20(16-17-21-2)15-14-19-18-12-10-8-6-4-3-5-7-9-11-13-18/h18-19H,3-17H2,1-2H3. The lowest BCUT2D eigenvalue weighted by molar-refractivity contribution is 0.161. The number of rotatable bonds is 7. The maximum atomic E-state index is 5.12. The molecule has 0 atom stereocenters. The van der Waals surface area contributed by atoms with E-state index in [4.69, 9.17) is 4.74 Å². The maximum Gasteiger partial charge on any atom is 0.0589 e. The van der Waals surface area contributed by atoms with Crippen LogP contribution in [0.3, 0.4) is 0 Å². The number of ether oxygens (including phenoxy) is 1. The highest BCUT2D eigenvalue weighted by Crippen LogP contribution is 2.16. The first-order valence-electron chi connectivity index (χ1n) is 9.24. The molecule has 0 aromatic heterocycles. The van der Waals surface area contributed by atoms with E-state index in [0.29, 0.717) is 0 Å². The lowest BCUT2D eigenvalue weighted by Gasteiger charge is -2.22. The molecule has 126 valence electrons. The van der Waals surface area contributed by atoms with E-state index in [0.717, 1.165) is 32.3 Å². The fraction of sp³-hybridized carbons (Fsp3) is 1.00. The van der Waals surface area contributed by atoms with Crippen LogP contribution in [-0.4, -0.2) is 51.3 Å². The molecule has 3 nitrogen and oxygen atoms in total. The lowest BCUT2D eigenvalue weighted by atomic mass is 9.98. The summed E-state index contributed by atoms with van der Waals surface area (Å²) in [4.78, 5) is 2.35. The Morgan fingerprint density at radius 1 is 0.857 bits per heavy atom. The van der Waals surface area contributed by atoms with E-state index < -0.39 is 0 Å². The topological polar surface area (TPSA) is 24.5 Å². The molecule has 3 heteroatoms. The number of likely N-dealkylation sites (N-methyl/N-ethyl adjacent to an activating group) is 1. The summed E-state index contributed by atoms with van der Waals surface area (Å²) < 4.78 is 5.12. The molecule has 0 aromatic carbocycles. The van der Waals surface area contributed by atoms with Crippen molar-refractivity contribution in [3.05, 3.63) is 0 Å². The van der Waals surface area contributed by atoms with Crippen LogP contribution in [0.15, 0.2) is 0 Å². The summed E-state index contributed by atoms with van der Waals surface area (Å²) in [5.74, 6) is 0. The van der Waals surface area contributed by atoms with Gasteiger partial charge in [-0.1, -0.05) is 57.8 Å². The molecule has 0 bridgehead atoms. The Kier molecular flexibility index (Phi) is 12.2. The normalized spacial score (nSPS) is 20.1. The SMILES string of the molecule is COCCN(C)CCNC1CCCCCCCCCCC1. The van der Waals surface area contributed by atoms with E-state index in [9.17, 15) is 0 Å². The second kappa shape index (κ2) is 13.5. The second-order valence-corrected chi connectivity index (χ2v) is 6.71. The Labute approximate surface area is 132 Å². The maximum absolute atomic E-state index is 5.12. The highest BCUT2D eigenvalue weighted by Gasteiger charge is 2.09. The Hall–Kier alpha value is -0.120. The van der Waals surface area contributed by atoms with Gasteiger partial charge in [0.15, 0.2) is 0 Å². The van der Waals surface area contributed by atoms with Crippen LogP contribution < -0.4 is 5.32 Å². The average Bonchev–Trinajstić information content (AvgIpc) is 2.47. The Bertz CT molecular complexity index is 211. The molecule has 1 aliphatic carbocycles. The third-order valence-electron chi connectivity index (χ3n) is 4.71. The van der Waals surface area contributed by atoms with Crippen molar-refractivity contribution >= 4 is 0 Å². The Balaban J connectivity index is 2.15. The van der Waals surface area contributed by atoms with E-state index in [1.54, 1.807) is 7.11 Å². The van der Waals surface area contributed by atoms with Crippen molar-refractivity contribution in [3.8, 4) is 0 Å². The molecule has 0 aliphatic heterocycles. The summed E-state index contributed by atoms with van der Waals surface area (Å²) in [7, 11) is 3.96. The molecule has 1 saturated carbocycles. The summed E-state index contributed by atoms with van der Waals surface area (Å²) in [6.45, 7) is 4.10. The Morgan fingerprint density at radius 3 is 1.90 bits per heavy atom. The van der Waals surface area contributed by atoms with Crippen LogP contribution in [0.5, 0.6) is 0 Å². The first-order chi connectivity index (χ1) is 10.3. The zero-order valence-corrected chi connectivity index (χ0v) is 14.5. The predicted molar refractivity (Wildman–Crippen MR) is 92.0 cm³/mol. The van der Waals surface area contributed by atoms with Gasteiger partial charge in [0.1, 0.15) is 0 Å². The van der Waals surface area contributed by atoms with Crippen LogP contribution in [0.25, 0.3) is 0 Å². The van der Waals surface area contributed by atoms with Crippen LogP contribution in [-0.2, 0) is 4.74 Å². The first-order valence-corrected chi connectivity index (χ1v) is 9.24. The molecule has 0 spiro atoms. The minimum Gasteiger partial charge on any atom is -0.383 e. The molecule has 0 aromatic rings. The molecule has 1 N–H and O–H groups in total. The molecular weight excluding hydrogens is 260 g/mol. The van der Waals surface area contributed by atoms with Crippen molar-refractivity contribution < 1.29 is 4.74 Å². The molecule has 1 fully saturated rings. The third kappa shape index (κ3) is 11.1. The fourth-order valence-electron chi connectivity index (χ4n) is 3.19. The van der Waals surface area contributed by atoms with Gasteiger partial charge < -0.3 is 15.0 Å². The van der Waals surface area contributed by atoms with Gasteiger partial charge in [-0.25, -0.2) is 0 Å². The van der Waals surface area contributed by atoms with E-state index in [1.807, 2.05) is 0 Å². The summed E-state index contributed by atoms with van der Waals surface area (Å²) in [5, 5.41) is 3.80. The van der Waals surface area contributed by atoms with E-state index >= 15 is 0 Å². The van der Waals surface area contributed by atoms with Crippen LogP contribution in [0, 0.1) is 0 Å². The zero-order valence-electron chi connectivity index (χ0n) is 14.5. The van der Waals surface area contributed by atoms with Gasteiger partial charge in [0.2, 0.25) is 0 Å². The van der Waals surface area contributed by atoms with Gasteiger partial charge >= 0.3 is 0 Å². The molecule has 1 aliphatic rings. The lowest BCUT2D eigenvalue weighted by Crippen LogP contribution is -2.37. The zero-order chi connectivity index (χ0) is 15.2. The van der Waals surface area contributed by atoms with Crippen LogP contribution in [0.4, 0.5) is 0 Å². The number of hydrogen-bond acceptors (Lipinski definition) is 3. The first kappa shape index (κ1) is 18.9. The summed E-state index contributed by atoms with van der Waals surface area (Å²) in [5.41, 5.74) is 0. The van der Waals surface area contributed by atoms with Gasteiger partial charge in [0.05, 0.1) is 6.61 Å². The van der Waals surface area contributed by atoms with Gasteiger partial charge in [-0.3, -0.25) is 0 Å². The third-order valence-corrected chi connectivity index (χ3v) is 4.71. The van der Waals surface area contributed by atoms with E-state index in [1.165, 1.54) is 70.6 Å². The van der Waals surface area contributed by atoms with Crippen molar-refractivity contribution in [1.82, 2.24) is 10.2 Å². The minimum atomic E-state index is 0.750. The minimum absolute atomic E-state index is 0.750. The summed E-state index contributed by atoms with van der Waals surface area (Å²) >= 11 is 0. The molecule has 0 saturated heterocycles.